The highest BCUT2D eigenvalue weighted by Crippen LogP contribution is 2.08. The van der Waals surface area contributed by atoms with Gasteiger partial charge in [0.25, 0.3) is 0 Å². The molecule has 4 nitrogen and oxygen atoms in total. The Morgan fingerprint density at radius 3 is 2.58 bits per heavy atom. The molecule has 12 heavy (non-hydrogen) atoms. The van der Waals surface area contributed by atoms with Crippen molar-refractivity contribution in [3.8, 4) is 0 Å². The van der Waals surface area contributed by atoms with E-state index in [9.17, 15) is 4.79 Å². The predicted octanol–water partition coefficient (Wildman–Crippen LogP) is 0.258. The smallest absolute Gasteiger partial charge is 0.323 e. The summed E-state index contributed by atoms with van der Waals surface area (Å²) in [6.45, 7) is 4.30. The number of halogens is 1. The van der Waals surface area contributed by atoms with Gasteiger partial charge in [0.1, 0.15) is 6.04 Å². The number of aliphatic carboxylic acids is 1. The van der Waals surface area contributed by atoms with Gasteiger partial charge in [-0.1, -0.05) is 0 Å². The SMILES string of the molecule is C[C@H]1CNC(C(=O)O)[C@@H](C)O1.Cl. The van der Waals surface area contributed by atoms with Gasteiger partial charge in [-0.25, -0.2) is 0 Å². The summed E-state index contributed by atoms with van der Waals surface area (Å²) in [7, 11) is 0. The summed E-state index contributed by atoms with van der Waals surface area (Å²) in [6, 6.07) is -0.550. The lowest BCUT2D eigenvalue weighted by atomic mass is 10.1. The fourth-order valence-electron chi connectivity index (χ4n) is 1.24. The summed E-state index contributed by atoms with van der Waals surface area (Å²) >= 11 is 0. The van der Waals surface area contributed by atoms with E-state index < -0.39 is 12.0 Å². The van der Waals surface area contributed by atoms with Gasteiger partial charge in [0, 0.05) is 6.54 Å². The van der Waals surface area contributed by atoms with E-state index in [1.165, 1.54) is 0 Å². The molecule has 1 saturated heterocycles. The molecule has 1 rings (SSSR count). The number of carboxylic acids is 1. The summed E-state index contributed by atoms with van der Waals surface area (Å²) in [6.07, 6.45) is -0.128. The highest BCUT2D eigenvalue weighted by molar-refractivity contribution is 5.85. The maximum atomic E-state index is 10.5. The van der Waals surface area contributed by atoms with Gasteiger partial charge in [-0.3, -0.25) is 10.1 Å². The zero-order valence-electron chi connectivity index (χ0n) is 7.11. The van der Waals surface area contributed by atoms with Crippen LogP contribution in [0.4, 0.5) is 0 Å². The average molecular weight is 196 g/mol. The molecule has 0 aromatic carbocycles. The molecule has 0 aromatic rings. The van der Waals surface area contributed by atoms with E-state index in [1.54, 1.807) is 6.92 Å². The molecule has 1 unspecified atom stereocenters. The topological polar surface area (TPSA) is 58.6 Å². The number of ether oxygens (including phenoxy) is 1. The Labute approximate surface area is 77.7 Å². The Morgan fingerprint density at radius 1 is 1.58 bits per heavy atom. The van der Waals surface area contributed by atoms with Gasteiger partial charge in [0.15, 0.2) is 0 Å². The third-order valence-corrected chi connectivity index (χ3v) is 1.81. The predicted molar refractivity (Wildman–Crippen MR) is 46.7 cm³/mol. The van der Waals surface area contributed by atoms with Crippen molar-refractivity contribution in [1.82, 2.24) is 5.32 Å². The molecule has 0 aliphatic carbocycles. The molecular formula is C7H14ClNO3. The Balaban J connectivity index is 0.00000121. The molecule has 0 bridgehead atoms. The van der Waals surface area contributed by atoms with E-state index >= 15 is 0 Å². The van der Waals surface area contributed by atoms with Gasteiger partial charge in [-0.05, 0) is 13.8 Å². The molecule has 1 aliphatic rings. The van der Waals surface area contributed by atoms with Gasteiger partial charge in [-0.2, -0.15) is 0 Å². The third kappa shape index (κ3) is 2.62. The van der Waals surface area contributed by atoms with Crippen LogP contribution in [0, 0.1) is 0 Å². The number of carbonyl (C=O) groups is 1. The van der Waals surface area contributed by atoms with E-state index in [1.807, 2.05) is 6.92 Å². The van der Waals surface area contributed by atoms with Gasteiger partial charge < -0.3 is 9.84 Å². The minimum Gasteiger partial charge on any atom is -0.480 e. The van der Waals surface area contributed by atoms with E-state index in [4.69, 9.17) is 9.84 Å². The second kappa shape index (κ2) is 4.64. The third-order valence-electron chi connectivity index (χ3n) is 1.81. The lowest BCUT2D eigenvalue weighted by molar-refractivity contribution is -0.148. The first-order chi connectivity index (χ1) is 5.11. The second-order valence-electron chi connectivity index (χ2n) is 2.88. The van der Waals surface area contributed by atoms with Crippen LogP contribution in [0.5, 0.6) is 0 Å². The van der Waals surface area contributed by atoms with E-state index in [-0.39, 0.29) is 24.6 Å². The molecule has 5 heteroatoms. The van der Waals surface area contributed by atoms with Crippen LogP contribution in [0.1, 0.15) is 13.8 Å². The monoisotopic (exact) mass is 195 g/mol. The Morgan fingerprint density at radius 2 is 2.17 bits per heavy atom. The largest absolute Gasteiger partial charge is 0.480 e. The van der Waals surface area contributed by atoms with Crippen LogP contribution < -0.4 is 5.32 Å². The standard InChI is InChI=1S/C7H13NO3.ClH/c1-4-3-8-6(7(9)10)5(2)11-4;/h4-6,8H,3H2,1-2H3,(H,9,10);1H/t4-,5+,6?;/m0./s1. The van der Waals surface area contributed by atoms with E-state index in [0.29, 0.717) is 6.54 Å². The highest BCUT2D eigenvalue weighted by Gasteiger charge is 2.30. The quantitative estimate of drug-likeness (QED) is 0.630. The number of hydrogen-bond acceptors (Lipinski definition) is 3. The van der Waals surface area contributed by atoms with Crippen LogP contribution in [0.2, 0.25) is 0 Å². The van der Waals surface area contributed by atoms with Crippen molar-refractivity contribution in [2.75, 3.05) is 6.54 Å². The molecule has 3 atom stereocenters. The molecule has 1 fully saturated rings. The Bertz CT molecular complexity index is 165. The first kappa shape index (κ1) is 11.7. The van der Waals surface area contributed by atoms with Crippen molar-refractivity contribution in [2.24, 2.45) is 0 Å². The average Bonchev–Trinajstić information content (AvgIpc) is 1.85. The summed E-state index contributed by atoms with van der Waals surface area (Å²) in [5.74, 6) is -0.843. The summed E-state index contributed by atoms with van der Waals surface area (Å²) in [5, 5.41) is 11.5. The molecule has 1 heterocycles. The van der Waals surface area contributed by atoms with Crippen molar-refractivity contribution >= 4 is 18.4 Å². The maximum absolute atomic E-state index is 10.5. The van der Waals surface area contributed by atoms with Gasteiger partial charge in [-0.15, -0.1) is 12.4 Å². The number of morpholine rings is 1. The summed E-state index contributed by atoms with van der Waals surface area (Å²) in [4.78, 5) is 10.5. The van der Waals surface area contributed by atoms with Gasteiger partial charge in [0.2, 0.25) is 0 Å². The van der Waals surface area contributed by atoms with Gasteiger partial charge in [0.05, 0.1) is 12.2 Å². The van der Waals surface area contributed by atoms with Gasteiger partial charge >= 0.3 is 5.97 Å². The first-order valence-electron chi connectivity index (χ1n) is 3.73. The molecule has 0 spiro atoms. The zero-order valence-corrected chi connectivity index (χ0v) is 7.93. The zero-order chi connectivity index (χ0) is 8.43. The maximum Gasteiger partial charge on any atom is 0.323 e. The number of carboxylic acid groups (broad SMARTS) is 1. The number of nitrogens with one attached hydrogen (secondary N) is 1. The number of hydrogen-bond donors (Lipinski definition) is 2. The lowest BCUT2D eigenvalue weighted by Gasteiger charge is -2.31. The molecular weight excluding hydrogens is 182 g/mol. The van der Waals surface area contributed by atoms with Crippen LogP contribution in [0.15, 0.2) is 0 Å². The Kier molecular flexibility index (Phi) is 4.52. The van der Waals surface area contributed by atoms with Crippen molar-refractivity contribution in [1.29, 1.82) is 0 Å². The van der Waals surface area contributed by atoms with Crippen LogP contribution in [-0.4, -0.2) is 35.9 Å². The van der Waals surface area contributed by atoms with Crippen molar-refractivity contribution in [2.45, 2.75) is 32.1 Å². The van der Waals surface area contributed by atoms with E-state index in [0.717, 1.165) is 0 Å². The van der Waals surface area contributed by atoms with Crippen LogP contribution in [0.3, 0.4) is 0 Å². The molecule has 1 aliphatic heterocycles. The number of rotatable bonds is 1. The first-order valence-corrected chi connectivity index (χ1v) is 3.73. The fourth-order valence-corrected chi connectivity index (χ4v) is 1.24. The Hall–Kier alpha value is -0.320. The fraction of sp³-hybridized carbons (Fsp3) is 0.857. The van der Waals surface area contributed by atoms with Crippen molar-refractivity contribution < 1.29 is 14.6 Å². The molecule has 0 aromatic heterocycles. The van der Waals surface area contributed by atoms with Crippen molar-refractivity contribution in [3.05, 3.63) is 0 Å². The van der Waals surface area contributed by atoms with Crippen LogP contribution >= 0.6 is 12.4 Å². The second-order valence-corrected chi connectivity index (χ2v) is 2.88. The van der Waals surface area contributed by atoms with Crippen LogP contribution in [-0.2, 0) is 9.53 Å². The molecule has 0 radical (unpaired) electrons. The summed E-state index contributed by atoms with van der Waals surface area (Å²) in [5.41, 5.74) is 0. The van der Waals surface area contributed by atoms with E-state index in [2.05, 4.69) is 5.32 Å². The lowest BCUT2D eigenvalue weighted by Crippen LogP contribution is -2.54. The normalized spacial score (nSPS) is 35.3. The minimum absolute atomic E-state index is 0. The molecule has 2 N–H and O–H groups in total. The summed E-state index contributed by atoms with van der Waals surface area (Å²) < 4.78 is 5.32. The highest BCUT2D eigenvalue weighted by atomic mass is 35.5. The van der Waals surface area contributed by atoms with Crippen LogP contribution in [0.25, 0.3) is 0 Å². The minimum atomic E-state index is -0.843. The molecule has 0 amide bonds. The molecule has 0 saturated carbocycles. The van der Waals surface area contributed by atoms with Crippen molar-refractivity contribution in [3.63, 3.8) is 0 Å². The molecule has 72 valence electrons.